The third-order valence-electron chi connectivity index (χ3n) is 5.39. The molecule has 2 saturated carbocycles. The Balaban J connectivity index is 1.41. The van der Waals surface area contributed by atoms with Crippen LogP contribution in [0, 0.1) is 5.92 Å². The molecule has 120 valence electrons. The lowest BCUT2D eigenvalue weighted by atomic mass is 9.77. The molecular formula is C17H31N3O. The Morgan fingerprint density at radius 3 is 2.57 bits per heavy atom. The SMILES string of the molecule is O=C(CCNC1CCCCC1C1CCCCN1)NC1CC1. The number of hydrogen-bond donors (Lipinski definition) is 3. The average Bonchev–Trinajstić information content (AvgIpc) is 3.32. The van der Waals surface area contributed by atoms with E-state index in [9.17, 15) is 4.79 Å². The fraction of sp³-hybridized carbons (Fsp3) is 0.941. The first-order valence-electron chi connectivity index (χ1n) is 9.09. The summed E-state index contributed by atoms with van der Waals surface area (Å²) in [5, 5.41) is 10.5. The highest BCUT2D eigenvalue weighted by molar-refractivity contribution is 5.76. The Morgan fingerprint density at radius 2 is 1.81 bits per heavy atom. The standard InChI is InChI=1S/C17H31N3O/c21-17(20-13-8-9-13)10-12-19-16-6-2-1-5-14(16)15-7-3-4-11-18-15/h13-16,18-19H,1-12H2,(H,20,21). The topological polar surface area (TPSA) is 53.2 Å². The Labute approximate surface area is 128 Å². The van der Waals surface area contributed by atoms with Crippen molar-refractivity contribution in [3.8, 4) is 0 Å². The van der Waals surface area contributed by atoms with Gasteiger partial charge in [-0.2, -0.15) is 0 Å². The van der Waals surface area contributed by atoms with Crippen LogP contribution in [-0.4, -0.2) is 37.1 Å². The quantitative estimate of drug-likeness (QED) is 0.701. The van der Waals surface area contributed by atoms with Crippen LogP contribution in [0.5, 0.6) is 0 Å². The average molecular weight is 293 g/mol. The minimum Gasteiger partial charge on any atom is -0.353 e. The van der Waals surface area contributed by atoms with Crippen LogP contribution < -0.4 is 16.0 Å². The van der Waals surface area contributed by atoms with E-state index in [4.69, 9.17) is 0 Å². The van der Waals surface area contributed by atoms with Gasteiger partial charge in [0.2, 0.25) is 5.91 Å². The smallest absolute Gasteiger partial charge is 0.221 e. The predicted molar refractivity (Wildman–Crippen MR) is 85.2 cm³/mol. The van der Waals surface area contributed by atoms with Crippen molar-refractivity contribution in [3.63, 3.8) is 0 Å². The molecule has 3 fully saturated rings. The number of carbonyl (C=O) groups is 1. The van der Waals surface area contributed by atoms with Crippen molar-refractivity contribution in [2.45, 2.75) is 82.3 Å². The molecule has 3 N–H and O–H groups in total. The third kappa shape index (κ3) is 4.68. The molecule has 3 rings (SSSR count). The van der Waals surface area contributed by atoms with Crippen molar-refractivity contribution < 1.29 is 4.79 Å². The van der Waals surface area contributed by atoms with E-state index >= 15 is 0 Å². The second-order valence-electron chi connectivity index (χ2n) is 7.16. The zero-order valence-corrected chi connectivity index (χ0v) is 13.2. The molecule has 3 aliphatic rings. The molecule has 0 aromatic rings. The molecule has 3 atom stereocenters. The van der Waals surface area contributed by atoms with Crippen LogP contribution >= 0.6 is 0 Å². The molecule has 4 nitrogen and oxygen atoms in total. The van der Waals surface area contributed by atoms with E-state index in [0.717, 1.165) is 12.5 Å². The van der Waals surface area contributed by atoms with Gasteiger partial charge in [0.25, 0.3) is 0 Å². The van der Waals surface area contributed by atoms with Crippen molar-refractivity contribution in [3.05, 3.63) is 0 Å². The van der Waals surface area contributed by atoms with Crippen LogP contribution in [0.3, 0.4) is 0 Å². The summed E-state index contributed by atoms with van der Waals surface area (Å²) in [5.74, 6) is 0.999. The number of rotatable bonds is 6. The molecule has 1 aliphatic heterocycles. The summed E-state index contributed by atoms with van der Waals surface area (Å²) in [6.45, 7) is 2.03. The normalized spacial score (nSPS) is 33.6. The van der Waals surface area contributed by atoms with Crippen LogP contribution in [-0.2, 0) is 4.79 Å². The molecule has 3 unspecified atom stereocenters. The predicted octanol–water partition coefficient (Wildman–Crippen LogP) is 1.95. The molecule has 0 aromatic carbocycles. The molecule has 0 bridgehead atoms. The van der Waals surface area contributed by atoms with Crippen LogP contribution in [0.15, 0.2) is 0 Å². The number of hydrogen-bond acceptors (Lipinski definition) is 3. The molecule has 0 aromatic heterocycles. The number of carbonyl (C=O) groups excluding carboxylic acids is 1. The van der Waals surface area contributed by atoms with Gasteiger partial charge in [0.1, 0.15) is 0 Å². The van der Waals surface area contributed by atoms with Crippen molar-refractivity contribution >= 4 is 5.91 Å². The first kappa shape index (κ1) is 15.3. The summed E-state index contributed by atoms with van der Waals surface area (Å²) in [5.41, 5.74) is 0. The monoisotopic (exact) mass is 293 g/mol. The second kappa shape index (κ2) is 7.59. The Morgan fingerprint density at radius 1 is 1.00 bits per heavy atom. The first-order chi connectivity index (χ1) is 10.3. The van der Waals surface area contributed by atoms with Gasteiger partial charge in [-0.05, 0) is 51.0 Å². The summed E-state index contributed by atoms with van der Waals surface area (Å²) in [7, 11) is 0. The van der Waals surface area contributed by atoms with E-state index in [1.165, 1.54) is 64.3 Å². The van der Waals surface area contributed by atoms with E-state index < -0.39 is 0 Å². The van der Waals surface area contributed by atoms with Crippen molar-refractivity contribution in [1.29, 1.82) is 0 Å². The van der Waals surface area contributed by atoms with Gasteiger partial charge in [-0.3, -0.25) is 4.79 Å². The van der Waals surface area contributed by atoms with E-state index in [0.29, 0.717) is 24.5 Å². The van der Waals surface area contributed by atoms with Gasteiger partial charge in [-0.15, -0.1) is 0 Å². The molecule has 21 heavy (non-hydrogen) atoms. The maximum atomic E-state index is 11.8. The van der Waals surface area contributed by atoms with E-state index in [-0.39, 0.29) is 5.91 Å². The summed E-state index contributed by atoms with van der Waals surface area (Å²) in [4.78, 5) is 11.8. The molecular weight excluding hydrogens is 262 g/mol. The van der Waals surface area contributed by atoms with Crippen LogP contribution in [0.25, 0.3) is 0 Å². The molecule has 2 aliphatic carbocycles. The fourth-order valence-corrected chi connectivity index (χ4v) is 4.04. The Hall–Kier alpha value is -0.610. The second-order valence-corrected chi connectivity index (χ2v) is 7.16. The van der Waals surface area contributed by atoms with E-state index in [2.05, 4.69) is 16.0 Å². The van der Waals surface area contributed by atoms with Gasteiger partial charge >= 0.3 is 0 Å². The molecule has 0 spiro atoms. The van der Waals surface area contributed by atoms with Gasteiger partial charge in [-0.25, -0.2) is 0 Å². The summed E-state index contributed by atoms with van der Waals surface area (Å²) in [6, 6.07) is 1.81. The summed E-state index contributed by atoms with van der Waals surface area (Å²) < 4.78 is 0. The summed E-state index contributed by atoms with van der Waals surface area (Å²) >= 11 is 0. The van der Waals surface area contributed by atoms with Gasteiger partial charge in [-0.1, -0.05) is 19.3 Å². The molecule has 1 heterocycles. The summed E-state index contributed by atoms with van der Waals surface area (Å²) in [6.07, 6.45) is 12.4. The molecule has 0 radical (unpaired) electrons. The lowest BCUT2D eigenvalue weighted by molar-refractivity contribution is -0.121. The Kier molecular flexibility index (Phi) is 5.53. The number of piperidine rings is 1. The van der Waals surface area contributed by atoms with E-state index in [1.807, 2.05) is 0 Å². The maximum absolute atomic E-state index is 11.8. The number of nitrogens with one attached hydrogen (secondary N) is 3. The van der Waals surface area contributed by atoms with Gasteiger partial charge in [0.05, 0.1) is 0 Å². The molecule has 1 saturated heterocycles. The minimum absolute atomic E-state index is 0.230. The zero-order chi connectivity index (χ0) is 14.5. The minimum atomic E-state index is 0.230. The zero-order valence-electron chi connectivity index (χ0n) is 13.2. The lowest BCUT2D eigenvalue weighted by Crippen LogP contribution is -2.51. The third-order valence-corrected chi connectivity index (χ3v) is 5.39. The molecule has 4 heteroatoms. The highest BCUT2D eigenvalue weighted by Gasteiger charge is 2.32. The highest BCUT2D eigenvalue weighted by Crippen LogP contribution is 2.30. The first-order valence-corrected chi connectivity index (χ1v) is 9.09. The number of amides is 1. The lowest BCUT2D eigenvalue weighted by Gasteiger charge is -2.40. The molecule has 1 amide bonds. The van der Waals surface area contributed by atoms with Gasteiger partial charge in [0, 0.05) is 31.1 Å². The van der Waals surface area contributed by atoms with Crippen LogP contribution in [0.1, 0.15) is 64.2 Å². The van der Waals surface area contributed by atoms with Crippen molar-refractivity contribution in [2.24, 2.45) is 5.92 Å². The highest BCUT2D eigenvalue weighted by atomic mass is 16.1. The van der Waals surface area contributed by atoms with Crippen LogP contribution in [0.2, 0.25) is 0 Å². The van der Waals surface area contributed by atoms with Gasteiger partial charge in [0.15, 0.2) is 0 Å². The van der Waals surface area contributed by atoms with E-state index in [1.54, 1.807) is 0 Å². The maximum Gasteiger partial charge on any atom is 0.221 e. The Bertz CT molecular complexity index is 337. The largest absolute Gasteiger partial charge is 0.353 e. The fourth-order valence-electron chi connectivity index (χ4n) is 4.04. The van der Waals surface area contributed by atoms with Crippen molar-refractivity contribution in [2.75, 3.05) is 13.1 Å². The van der Waals surface area contributed by atoms with Gasteiger partial charge < -0.3 is 16.0 Å². The van der Waals surface area contributed by atoms with Crippen molar-refractivity contribution in [1.82, 2.24) is 16.0 Å². The van der Waals surface area contributed by atoms with Crippen LogP contribution in [0.4, 0.5) is 0 Å².